The highest BCUT2D eigenvalue weighted by atomic mass is 16.5. The van der Waals surface area contributed by atoms with Gasteiger partial charge in [-0.1, -0.05) is 0 Å². The molecule has 2 aromatic rings. The number of hydrogen-bond acceptors (Lipinski definition) is 3. The molecule has 2 atom stereocenters. The van der Waals surface area contributed by atoms with Crippen molar-refractivity contribution in [3.05, 3.63) is 30.5 Å². The molecule has 2 aliphatic rings. The Balaban J connectivity index is 1.38. The molecular formula is C17H22N4O2. The van der Waals surface area contributed by atoms with Gasteiger partial charge in [0.25, 0.3) is 0 Å². The molecule has 4 rings (SSSR count). The molecule has 23 heavy (non-hydrogen) atoms. The van der Waals surface area contributed by atoms with Gasteiger partial charge in [-0.2, -0.15) is 0 Å². The minimum absolute atomic E-state index is 0.0593. The quantitative estimate of drug-likeness (QED) is 0.813. The second-order valence-electron chi connectivity index (χ2n) is 6.33. The molecule has 2 saturated heterocycles. The normalized spacial score (nSPS) is 25.0. The maximum atomic E-state index is 12.3. The van der Waals surface area contributed by atoms with Crippen molar-refractivity contribution in [2.45, 2.75) is 24.9 Å². The molecule has 0 radical (unpaired) electrons. The van der Waals surface area contributed by atoms with Gasteiger partial charge in [-0.3, -0.25) is 4.90 Å². The van der Waals surface area contributed by atoms with Crippen LogP contribution in [0.1, 0.15) is 12.8 Å². The number of fused-ring (bicyclic) bond motifs is 1. The van der Waals surface area contributed by atoms with Crippen molar-refractivity contribution in [2.24, 2.45) is 0 Å². The van der Waals surface area contributed by atoms with Crippen molar-refractivity contribution >= 4 is 22.6 Å². The van der Waals surface area contributed by atoms with Crippen LogP contribution < -0.4 is 10.6 Å². The van der Waals surface area contributed by atoms with E-state index in [-0.39, 0.29) is 12.1 Å². The highest BCUT2D eigenvalue weighted by Crippen LogP contribution is 2.20. The molecule has 0 aliphatic carbocycles. The molecule has 0 unspecified atom stereocenters. The zero-order chi connectivity index (χ0) is 15.6. The fourth-order valence-corrected chi connectivity index (χ4v) is 3.58. The van der Waals surface area contributed by atoms with Gasteiger partial charge in [-0.15, -0.1) is 0 Å². The molecule has 0 bridgehead atoms. The van der Waals surface area contributed by atoms with Gasteiger partial charge in [0.15, 0.2) is 0 Å². The number of anilines is 1. The SMILES string of the molecule is O=C(Nc1ccc2[nH]ccc2c1)N[C@H]1COC[C@@H]1N1CCCC1. The van der Waals surface area contributed by atoms with Crippen molar-refractivity contribution in [3.63, 3.8) is 0 Å². The summed E-state index contributed by atoms with van der Waals surface area (Å²) in [6, 6.07) is 8.03. The first-order valence-electron chi connectivity index (χ1n) is 8.26. The summed E-state index contributed by atoms with van der Waals surface area (Å²) in [6.45, 7) is 3.52. The lowest BCUT2D eigenvalue weighted by Crippen LogP contribution is -2.51. The number of nitrogens with zero attached hydrogens (tertiary/aromatic N) is 1. The number of likely N-dealkylation sites (tertiary alicyclic amines) is 1. The Hall–Kier alpha value is -2.05. The summed E-state index contributed by atoms with van der Waals surface area (Å²) in [6.07, 6.45) is 4.38. The van der Waals surface area contributed by atoms with E-state index < -0.39 is 0 Å². The number of carbonyl (C=O) groups is 1. The van der Waals surface area contributed by atoms with Crippen molar-refractivity contribution < 1.29 is 9.53 Å². The van der Waals surface area contributed by atoms with Crippen LogP contribution in [-0.2, 0) is 4.74 Å². The van der Waals surface area contributed by atoms with Gasteiger partial charge in [0, 0.05) is 22.8 Å². The highest BCUT2D eigenvalue weighted by molar-refractivity contribution is 5.92. The average Bonchev–Trinajstić information content (AvgIpc) is 3.27. The Morgan fingerprint density at radius 2 is 2.09 bits per heavy atom. The van der Waals surface area contributed by atoms with E-state index in [4.69, 9.17) is 4.74 Å². The number of amides is 2. The molecular weight excluding hydrogens is 292 g/mol. The van der Waals surface area contributed by atoms with Gasteiger partial charge in [-0.25, -0.2) is 4.79 Å². The standard InChI is InChI=1S/C17H22N4O2/c22-17(19-13-3-4-14-12(9-13)5-6-18-14)20-15-10-23-11-16(15)21-7-1-2-8-21/h3-6,9,15-16,18H,1-2,7-8,10-11H2,(H2,19,20,22)/t15-,16-/m0/s1. The summed E-state index contributed by atoms with van der Waals surface area (Å²) < 4.78 is 5.59. The van der Waals surface area contributed by atoms with Gasteiger partial charge in [-0.05, 0) is 50.2 Å². The lowest BCUT2D eigenvalue weighted by molar-refractivity contribution is 0.159. The molecule has 0 saturated carbocycles. The van der Waals surface area contributed by atoms with E-state index in [1.165, 1.54) is 12.8 Å². The highest BCUT2D eigenvalue weighted by Gasteiger charge is 2.35. The Morgan fingerprint density at radius 1 is 1.22 bits per heavy atom. The summed E-state index contributed by atoms with van der Waals surface area (Å²) in [4.78, 5) is 17.9. The van der Waals surface area contributed by atoms with Crippen LogP contribution in [-0.4, -0.2) is 54.3 Å². The number of rotatable bonds is 3. The molecule has 1 aromatic heterocycles. The van der Waals surface area contributed by atoms with Gasteiger partial charge >= 0.3 is 6.03 Å². The number of hydrogen-bond donors (Lipinski definition) is 3. The van der Waals surface area contributed by atoms with Crippen molar-refractivity contribution in [2.75, 3.05) is 31.6 Å². The fraction of sp³-hybridized carbons (Fsp3) is 0.471. The Bertz CT molecular complexity index is 693. The third-order valence-electron chi connectivity index (χ3n) is 4.79. The number of H-pyrrole nitrogens is 1. The number of ether oxygens (including phenoxy) is 1. The predicted molar refractivity (Wildman–Crippen MR) is 89.7 cm³/mol. The molecule has 6 heteroatoms. The first kappa shape index (κ1) is 14.5. The van der Waals surface area contributed by atoms with Crippen molar-refractivity contribution in [1.29, 1.82) is 0 Å². The van der Waals surface area contributed by atoms with Gasteiger partial charge in [0.1, 0.15) is 0 Å². The van der Waals surface area contributed by atoms with Crippen LogP contribution in [0.5, 0.6) is 0 Å². The molecule has 2 aliphatic heterocycles. The number of carbonyl (C=O) groups excluding carboxylic acids is 1. The van der Waals surface area contributed by atoms with Crippen LogP contribution in [0.4, 0.5) is 10.5 Å². The molecule has 1 aromatic carbocycles. The van der Waals surface area contributed by atoms with Gasteiger partial charge in [0.2, 0.25) is 0 Å². The van der Waals surface area contributed by atoms with E-state index in [9.17, 15) is 4.79 Å². The first-order chi connectivity index (χ1) is 11.3. The lowest BCUT2D eigenvalue weighted by atomic mass is 10.1. The summed E-state index contributed by atoms with van der Waals surface area (Å²) >= 11 is 0. The smallest absolute Gasteiger partial charge is 0.319 e. The van der Waals surface area contributed by atoms with E-state index in [0.717, 1.165) is 29.7 Å². The summed E-state index contributed by atoms with van der Waals surface area (Å²) in [5.74, 6) is 0. The minimum Gasteiger partial charge on any atom is -0.378 e. The second kappa shape index (κ2) is 6.22. The molecule has 2 amide bonds. The largest absolute Gasteiger partial charge is 0.378 e. The Kier molecular flexibility index (Phi) is 3.93. The maximum Gasteiger partial charge on any atom is 0.319 e. The maximum absolute atomic E-state index is 12.3. The number of aromatic amines is 1. The molecule has 122 valence electrons. The van der Waals surface area contributed by atoms with Crippen LogP contribution >= 0.6 is 0 Å². The number of aromatic nitrogens is 1. The zero-order valence-electron chi connectivity index (χ0n) is 13.0. The number of benzene rings is 1. The first-order valence-corrected chi connectivity index (χ1v) is 8.26. The van der Waals surface area contributed by atoms with E-state index in [0.29, 0.717) is 19.3 Å². The van der Waals surface area contributed by atoms with Crippen LogP contribution in [0.2, 0.25) is 0 Å². The molecule has 2 fully saturated rings. The Morgan fingerprint density at radius 3 is 2.96 bits per heavy atom. The average molecular weight is 314 g/mol. The molecule has 0 spiro atoms. The Labute approximate surface area is 135 Å². The predicted octanol–water partition coefficient (Wildman–Crippen LogP) is 2.15. The van der Waals surface area contributed by atoms with Crippen LogP contribution in [0.25, 0.3) is 10.9 Å². The number of urea groups is 1. The second-order valence-corrected chi connectivity index (χ2v) is 6.33. The summed E-state index contributed by atoms with van der Waals surface area (Å²) in [7, 11) is 0. The minimum atomic E-state index is -0.167. The van der Waals surface area contributed by atoms with Gasteiger partial charge in [0.05, 0.1) is 25.3 Å². The van der Waals surface area contributed by atoms with Crippen LogP contribution in [0.15, 0.2) is 30.5 Å². The van der Waals surface area contributed by atoms with Gasteiger partial charge < -0.3 is 20.4 Å². The van der Waals surface area contributed by atoms with Crippen LogP contribution in [0.3, 0.4) is 0 Å². The number of nitrogens with one attached hydrogen (secondary N) is 3. The third kappa shape index (κ3) is 3.04. The van der Waals surface area contributed by atoms with E-state index in [1.807, 2.05) is 30.5 Å². The van der Waals surface area contributed by atoms with Crippen molar-refractivity contribution in [1.82, 2.24) is 15.2 Å². The monoisotopic (exact) mass is 314 g/mol. The summed E-state index contributed by atoms with van der Waals surface area (Å²) in [5.41, 5.74) is 1.86. The van der Waals surface area contributed by atoms with E-state index >= 15 is 0 Å². The lowest BCUT2D eigenvalue weighted by Gasteiger charge is -2.27. The zero-order valence-corrected chi connectivity index (χ0v) is 13.0. The van der Waals surface area contributed by atoms with E-state index in [1.54, 1.807) is 0 Å². The molecule has 6 nitrogen and oxygen atoms in total. The molecule has 3 N–H and O–H groups in total. The fourth-order valence-electron chi connectivity index (χ4n) is 3.58. The molecule has 3 heterocycles. The topological polar surface area (TPSA) is 69.4 Å². The van der Waals surface area contributed by atoms with Crippen LogP contribution in [0, 0.1) is 0 Å². The van der Waals surface area contributed by atoms with E-state index in [2.05, 4.69) is 20.5 Å². The third-order valence-corrected chi connectivity index (χ3v) is 4.79. The van der Waals surface area contributed by atoms with Crippen molar-refractivity contribution in [3.8, 4) is 0 Å². The summed E-state index contributed by atoms with van der Waals surface area (Å²) in [5, 5.41) is 7.08.